The summed E-state index contributed by atoms with van der Waals surface area (Å²) in [6, 6.07) is 9.93. The molecule has 0 amide bonds. The van der Waals surface area contributed by atoms with E-state index < -0.39 is 10.4 Å². The van der Waals surface area contributed by atoms with E-state index in [1.165, 1.54) is 0 Å². The van der Waals surface area contributed by atoms with Crippen molar-refractivity contribution in [2.24, 2.45) is 16.5 Å². The van der Waals surface area contributed by atoms with Gasteiger partial charge in [0.05, 0.1) is 6.04 Å². The van der Waals surface area contributed by atoms with E-state index in [4.69, 9.17) is 29.0 Å². The maximum absolute atomic E-state index is 8.74. The highest BCUT2D eigenvalue weighted by atomic mass is 32.3. The van der Waals surface area contributed by atoms with Gasteiger partial charge in [-0.15, -0.1) is 0 Å². The molecule has 0 aromatic heterocycles. The minimum absolute atomic E-state index is 0.0381. The van der Waals surface area contributed by atoms with Crippen molar-refractivity contribution in [2.75, 3.05) is 0 Å². The number of aliphatic imine (C=N–C) groups is 1. The molecule has 1 atom stereocenters. The lowest BCUT2D eigenvalue weighted by Crippen LogP contribution is -2.23. The monoisotopic (exact) mass is 261 g/mol. The summed E-state index contributed by atoms with van der Waals surface area (Å²) >= 11 is 0. The highest BCUT2D eigenvalue weighted by molar-refractivity contribution is 7.79. The highest BCUT2D eigenvalue weighted by Crippen LogP contribution is 2.14. The zero-order chi connectivity index (χ0) is 13.5. The van der Waals surface area contributed by atoms with Gasteiger partial charge in [0.25, 0.3) is 0 Å². The van der Waals surface area contributed by atoms with Crippen molar-refractivity contribution in [3.63, 3.8) is 0 Å². The zero-order valence-electron chi connectivity index (χ0n) is 9.19. The van der Waals surface area contributed by atoms with Crippen LogP contribution in [0.15, 0.2) is 35.3 Å². The second-order valence-corrected chi connectivity index (χ2v) is 3.98. The summed E-state index contributed by atoms with van der Waals surface area (Å²) in [6.45, 7) is 1.95. The van der Waals surface area contributed by atoms with Crippen LogP contribution < -0.4 is 11.5 Å². The third-order valence-electron chi connectivity index (χ3n) is 1.62. The van der Waals surface area contributed by atoms with Crippen LogP contribution in [0, 0.1) is 0 Å². The minimum Gasteiger partial charge on any atom is -0.370 e. The first-order valence-electron chi connectivity index (χ1n) is 4.53. The highest BCUT2D eigenvalue weighted by Gasteiger charge is 2.00. The first kappa shape index (κ1) is 15.4. The molecule has 1 rings (SSSR count). The van der Waals surface area contributed by atoms with Gasteiger partial charge >= 0.3 is 10.4 Å². The van der Waals surface area contributed by atoms with E-state index in [1.54, 1.807) is 0 Å². The molecule has 17 heavy (non-hydrogen) atoms. The summed E-state index contributed by atoms with van der Waals surface area (Å²) in [5, 5.41) is 0. The Morgan fingerprint density at radius 2 is 1.65 bits per heavy atom. The van der Waals surface area contributed by atoms with E-state index in [0.29, 0.717) is 0 Å². The van der Waals surface area contributed by atoms with Crippen LogP contribution >= 0.6 is 0 Å². The van der Waals surface area contributed by atoms with Gasteiger partial charge in [0.2, 0.25) is 0 Å². The summed E-state index contributed by atoms with van der Waals surface area (Å²) in [5.74, 6) is 0.131. The number of hydrogen-bond acceptors (Lipinski definition) is 3. The average molecular weight is 261 g/mol. The van der Waals surface area contributed by atoms with E-state index in [0.717, 1.165) is 5.56 Å². The van der Waals surface area contributed by atoms with Crippen LogP contribution in [0.2, 0.25) is 0 Å². The van der Waals surface area contributed by atoms with Gasteiger partial charge in [0, 0.05) is 0 Å². The summed E-state index contributed by atoms with van der Waals surface area (Å²) < 4.78 is 31.6. The molecule has 0 spiro atoms. The Labute approximate surface area is 99.7 Å². The van der Waals surface area contributed by atoms with Crippen molar-refractivity contribution in [1.82, 2.24) is 0 Å². The molecule has 96 valence electrons. The molecule has 0 heterocycles. The van der Waals surface area contributed by atoms with Gasteiger partial charge in [-0.1, -0.05) is 30.3 Å². The van der Waals surface area contributed by atoms with Crippen molar-refractivity contribution < 1.29 is 17.5 Å². The molecular weight excluding hydrogens is 246 g/mol. The van der Waals surface area contributed by atoms with Gasteiger partial charge in [-0.25, -0.2) is 4.99 Å². The molecule has 0 aliphatic rings. The first-order valence-corrected chi connectivity index (χ1v) is 5.93. The molecule has 7 nitrogen and oxygen atoms in total. The van der Waals surface area contributed by atoms with Gasteiger partial charge in [-0.05, 0) is 12.5 Å². The van der Waals surface area contributed by atoms with Crippen LogP contribution in [0.25, 0.3) is 0 Å². The molecule has 0 aliphatic heterocycles. The number of rotatable bonds is 2. The maximum Gasteiger partial charge on any atom is 0.394 e. The lowest BCUT2D eigenvalue weighted by molar-refractivity contribution is 0.381. The maximum atomic E-state index is 8.74. The second-order valence-electron chi connectivity index (χ2n) is 3.09. The number of guanidine groups is 1. The predicted molar refractivity (Wildman–Crippen MR) is 64.8 cm³/mol. The summed E-state index contributed by atoms with van der Waals surface area (Å²) in [5.41, 5.74) is 11.6. The number of hydrogen-bond donors (Lipinski definition) is 4. The average Bonchev–Trinajstić information content (AvgIpc) is 2.15. The molecular formula is C9H15N3O4S. The van der Waals surface area contributed by atoms with Gasteiger partial charge < -0.3 is 11.5 Å². The molecule has 8 heteroatoms. The van der Waals surface area contributed by atoms with Crippen LogP contribution in [0.3, 0.4) is 0 Å². The molecule has 1 unspecified atom stereocenters. The Kier molecular flexibility index (Phi) is 6.18. The molecule has 1 aromatic carbocycles. The van der Waals surface area contributed by atoms with E-state index in [-0.39, 0.29) is 12.0 Å². The first-order chi connectivity index (χ1) is 7.70. The number of benzene rings is 1. The quantitative estimate of drug-likeness (QED) is 0.344. The van der Waals surface area contributed by atoms with E-state index in [1.807, 2.05) is 37.3 Å². The van der Waals surface area contributed by atoms with Gasteiger partial charge in [0.15, 0.2) is 5.96 Å². The molecule has 1 aromatic rings. The summed E-state index contributed by atoms with van der Waals surface area (Å²) in [4.78, 5) is 4.02. The predicted octanol–water partition coefficient (Wildman–Crippen LogP) is 0.368. The Hall–Kier alpha value is -1.64. The smallest absolute Gasteiger partial charge is 0.370 e. The summed E-state index contributed by atoms with van der Waals surface area (Å²) in [6.07, 6.45) is 0. The van der Waals surface area contributed by atoms with Crippen LogP contribution in [0.5, 0.6) is 0 Å². The fourth-order valence-electron chi connectivity index (χ4n) is 1.03. The van der Waals surface area contributed by atoms with Crippen LogP contribution in [-0.4, -0.2) is 23.5 Å². The molecule has 0 fully saturated rings. The SMILES string of the molecule is CC(N=C(N)N)c1ccccc1.O=S(=O)(O)O. The normalized spacial score (nSPS) is 11.9. The van der Waals surface area contributed by atoms with E-state index in [9.17, 15) is 0 Å². The fraction of sp³-hybridized carbons (Fsp3) is 0.222. The largest absolute Gasteiger partial charge is 0.394 e. The molecule has 0 bridgehead atoms. The molecule has 0 saturated carbocycles. The van der Waals surface area contributed by atoms with Gasteiger partial charge in [0.1, 0.15) is 0 Å². The van der Waals surface area contributed by atoms with Gasteiger partial charge in [-0.3, -0.25) is 9.11 Å². The standard InChI is InChI=1S/C9H13N3.H2O4S/c1-7(12-9(10)11)8-5-3-2-4-6-8;1-5(2,3)4/h2-7H,1H3,(H4,10,11,12);(H2,1,2,3,4). The zero-order valence-corrected chi connectivity index (χ0v) is 10.0. The Morgan fingerprint density at radius 1 is 1.24 bits per heavy atom. The van der Waals surface area contributed by atoms with E-state index in [2.05, 4.69) is 4.99 Å². The second kappa shape index (κ2) is 6.84. The lowest BCUT2D eigenvalue weighted by atomic mass is 10.1. The van der Waals surface area contributed by atoms with Crippen molar-refractivity contribution >= 4 is 16.4 Å². The van der Waals surface area contributed by atoms with Crippen LogP contribution in [0.4, 0.5) is 0 Å². The Bertz CT molecular complexity index is 446. The lowest BCUT2D eigenvalue weighted by Gasteiger charge is -2.05. The van der Waals surface area contributed by atoms with Crippen molar-refractivity contribution in [1.29, 1.82) is 0 Å². The molecule has 0 saturated heterocycles. The number of nitrogens with zero attached hydrogens (tertiary/aromatic N) is 1. The molecule has 0 radical (unpaired) electrons. The summed E-state index contributed by atoms with van der Waals surface area (Å²) in [7, 11) is -4.67. The number of nitrogens with two attached hydrogens (primary N) is 2. The third kappa shape index (κ3) is 10.6. The van der Waals surface area contributed by atoms with E-state index >= 15 is 0 Å². The Morgan fingerprint density at radius 3 is 2.00 bits per heavy atom. The molecule has 6 N–H and O–H groups in total. The third-order valence-corrected chi connectivity index (χ3v) is 1.62. The fourth-order valence-corrected chi connectivity index (χ4v) is 1.03. The van der Waals surface area contributed by atoms with Crippen LogP contribution in [-0.2, 0) is 10.4 Å². The van der Waals surface area contributed by atoms with Crippen molar-refractivity contribution in [3.05, 3.63) is 35.9 Å². The van der Waals surface area contributed by atoms with Crippen molar-refractivity contribution in [2.45, 2.75) is 13.0 Å². The topological polar surface area (TPSA) is 139 Å². The molecule has 0 aliphatic carbocycles. The minimum atomic E-state index is -4.67. The van der Waals surface area contributed by atoms with Gasteiger partial charge in [-0.2, -0.15) is 8.42 Å². The van der Waals surface area contributed by atoms with Crippen LogP contribution in [0.1, 0.15) is 18.5 Å². The Balaban J connectivity index is 0.000000437. The van der Waals surface area contributed by atoms with Crippen molar-refractivity contribution in [3.8, 4) is 0 Å².